The fourth-order valence-corrected chi connectivity index (χ4v) is 2.78. The van der Waals surface area contributed by atoms with Gasteiger partial charge in [0.1, 0.15) is 23.9 Å². The first-order valence-electron chi connectivity index (χ1n) is 8.05. The van der Waals surface area contributed by atoms with Crippen LogP contribution in [-0.2, 0) is 11.3 Å². The van der Waals surface area contributed by atoms with Crippen LogP contribution >= 0.6 is 0 Å². The number of carbonyl (C=O) groups is 1. The van der Waals surface area contributed by atoms with Crippen molar-refractivity contribution in [3.63, 3.8) is 0 Å². The topological polar surface area (TPSA) is 105 Å². The summed E-state index contributed by atoms with van der Waals surface area (Å²) in [6.07, 6.45) is 4.61. The van der Waals surface area contributed by atoms with Crippen molar-refractivity contribution in [1.29, 1.82) is 0 Å². The van der Waals surface area contributed by atoms with Gasteiger partial charge in [0.2, 0.25) is 0 Å². The van der Waals surface area contributed by atoms with Crippen LogP contribution in [-0.4, -0.2) is 42.4 Å². The SMILES string of the molecule is COC(=O)c1cccc(-n2c(=O)c(Cn3cnnc3)nc3cccnc32)c1. The first kappa shape index (κ1) is 16.6. The zero-order valence-corrected chi connectivity index (χ0v) is 14.3. The number of esters is 1. The monoisotopic (exact) mass is 362 g/mol. The van der Waals surface area contributed by atoms with Gasteiger partial charge in [-0.3, -0.25) is 9.36 Å². The summed E-state index contributed by atoms with van der Waals surface area (Å²) in [5.41, 5.74) is 1.76. The predicted octanol–water partition coefficient (Wildman–Crippen LogP) is 1.21. The average Bonchev–Trinajstić information content (AvgIpc) is 3.21. The maximum Gasteiger partial charge on any atom is 0.337 e. The van der Waals surface area contributed by atoms with Crippen LogP contribution in [0.4, 0.5) is 0 Å². The molecule has 3 heterocycles. The molecule has 0 atom stereocenters. The van der Waals surface area contributed by atoms with Crippen molar-refractivity contribution in [2.75, 3.05) is 7.11 Å². The number of rotatable bonds is 4. The zero-order chi connectivity index (χ0) is 18.8. The van der Waals surface area contributed by atoms with Gasteiger partial charge in [-0.25, -0.2) is 14.8 Å². The summed E-state index contributed by atoms with van der Waals surface area (Å²) in [5.74, 6) is -0.485. The molecule has 0 radical (unpaired) electrons. The Hall–Kier alpha value is -3.88. The van der Waals surface area contributed by atoms with E-state index in [-0.39, 0.29) is 12.1 Å². The molecule has 4 rings (SSSR count). The Morgan fingerprint density at radius 1 is 1.15 bits per heavy atom. The smallest absolute Gasteiger partial charge is 0.337 e. The third kappa shape index (κ3) is 3.06. The number of ether oxygens (including phenoxy) is 1. The van der Waals surface area contributed by atoms with Crippen molar-refractivity contribution in [2.45, 2.75) is 6.54 Å². The molecule has 0 fully saturated rings. The molecule has 4 aromatic rings. The van der Waals surface area contributed by atoms with E-state index in [1.165, 1.54) is 24.3 Å². The highest BCUT2D eigenvalue weighted by Crippen LogP contribution is 2.16. The van der Waals surface area contributed by atoms with Gasteiger partial charge in [0.05, 0.1) is 24.9 Å². The number of aromatic nitrogens is 6. The van der Waals surface area contributed by atoms with Crippen LogP contribution in [0.25, 0.3) is 16.9 Å². The van der Waals surface area contributed by atoms with Crippen molar-refractivity contribution < 1.29 is 9.53 Å². The molecule has 1 aromatic carbocycles. The lowest BCUT2D eigenvalue weighted by Crippen LogP contribution is -2.26. The molecule has 134 valence electrons. The number of nitrogens with zero attached hydrogens (tertiary/aromatic N) is 6. The van der Waals surface area contributed by atoms with Crippen molar-refractivity contribution in [3.8, 4) is 5.69 Å². The Balaban J connectivity index is 1.95. The molecule has 0 aliphatic rings. The van der Waals surface area contributed by atoms with Gasteiger partial charge >= 0.3 is 5.97 Å². The summed E-state index contributed by atoms with van der Waals surface area (Å²) in [7, 11) is 1.31. The molecule has 9 nitrogen and oxygen atoms in total. The average molecular weight is 362 g/mol. The highest BCUT2D eigenvalue weighted by Gasteiger charge is 2.15. The Kier molecular flexibility index (Phi) is 4.17. The van der Waals surface area contributed by atoms with E-state index in [2.05, 4.69) is 20.2 Å². The van der Waals surface area contributed by atoms with E-state index in [0.29, 0.717) is 28.1 Å². The van der Waals surface area contributed by atoms with Crippen LogP contribution in [0, 0.1) is 0 Å². The maximum atomic E-state index is 13.2. The van der Waals surface area contributed by atoms with E-state index in [4.69, 9.17) is 4.74 Å². The van der Waals surface area contributed by atoms with Crippen LogP contribution in [0.3, 0.4) is 0 Å². The van der Waals surface area contributed by atoms with Crippen LogP contribution < -0.4 is 5.56 Å². The second-order valence-corrected chi connectivity index (χ2v) is 5.72. The lowest BCUT2D eigenvalue weighted by molar-refractivity contribution is 0.0600. The van der Waals surface area contributed by atoms with Gasteiger partial charge < -0.3 is 9.30 Å². The van der Waals surface area contributed by atoms with Gasteiger partial charge in [-0.2, -0.15) is 0 Å². The number of pyridine rings is 1. The first-order valence-corrected chi connectivity index (χ1v) is 8.05. The van der Waals surface area contributed by atoms with Crippen LogP contribution in [0.1, 0.15) is 16.1 Å². The van der Waals surface area contributed by atoms with E-state index in [9.17, 15) is 9.59 Å². The summed E-state index contributed by atoms with van der Waals surface area (Å²) in [6.45, 7) is 0.216. The molecular formula is C18H14N6O3. The summed E-state index contributed by atoms with van der Waals surface area (Å²) in [4.78, 5) is 33.8. The quantitative estimate of drug-likeness (QED) is 0.502. The fourth-order valence-electron chi connectivity index (χ4n) is 2.78. The molecule has 0 bridgehead atoms. The Morgan fingerprint density at radius 2 is 1.96 bits per heavy atom. The van der Waals surface area contributed by atoms with Crippen molar-refractivity contribution >= 4 is 17.1 Å². The van der Waals surface area contributed by atoms with Crippen LogP contribution in [0.2, 0.25) is 0 Å². The van der Waals surface area contributed by atoms with E-state index in [1.807, 2.05) is 0 Å². The number of carbonyl (C=O) groups excluding carboxylic acids is 1. The fraction of sp³-hybridized carbons (Fsp3) is 0.111. The van der Waals surface area contributed by atoms with E-state index in [1.54, 1.807) is 47.2 Å². The summed E-state index contributed by atoms with van der Waals surface area (Å²) >= 11 is 0. The lowest BCUT2D eigenvalue weighted by Gasteiger charge is -2.12. The zero-order valence-electron chi connectivity index (χ0n) is 14.3. The molecular weight excluding hydrogens is 348 g/mol. The third-order valence-electron chi connectivity index (χ3n) is 4.01. The highest BCUT2D eigenvalue weighted by molar-refractivity contribution is 5.90. The molecule has 27 heavy (non-hydrogen) atoms. The molecule has 9 heteroatoms. The minimum Gasteiger partial charge on any atom is -0.465 e. The summed E-state index contributed by atoms with van der Waals surface area (Å²) in [6, 6.07) is 10.1. The van der Waals surface area contributed by atoms with Gasteiger partial charge in [0.15, 0.2) is 5.65 Å². The predicted molar refractivity (Wildman–Crippen MR) is 95.6 cm³/mol. The van der Waals surface area contributed by atoms with Gasteiger partial charge in [-0.1, -0.05) is 6.07 Å². The molecule has 0 amide bonds. The van der Waals surface area contributed by atoms with Gasteiger partial charge in [-0.05, 0) is 30.3 Å². The van der Waals surface area contributed by atoms with E-state index >= 15 is 0 Å². The molecule has 0 N–H and O–H groups in total. The number of hydrogen-bond acceptors (Lipinski definition) is 7. The lowest BCUT2D eigenvalue weighted by atomic mass is 10.2. The van der Waals surface area contributed by atoms with E-state index < -0.39 is 5.97 Å². The Labute approximate surface area is 152 Å². The Morgan fingerprint density at radius 3 is 2.74 bits per heavy atom. The second-order valence-electron chi connectivity index (χ2n) is 5.72. The van der Waals surface area contributed by atoms with Gasteiger partial charge in [0.25, 0.3) is 5.56 Å². The first-order chi connectivity index (χ1) is 13.2. The summed E-state index contributed by atoms with van der Waals surface area (Å²) < 4.78 is 7.86. The van der Waals surface area contributed by atoms with Crippen molar-refractivity contribution in [1.82, 2.24) is 29.3 Å². The van der Waals surface area contributed by atoms with E-state index in [0.717, 1.165) is 0 Å². The second kappa shape index (κ2) is 6.79. The largest absolute Gasteiger partial charge is 0.465 e. The molecule has 0 saturated heterocycles. The molecule has 3 aromatic heterocycles. The van der Waals surface area contributed by atoms with Crippen LogP contribution in [0.5, 0.6) is 0 Å². The molecule has 0 saturated carbocycles. The maximum absolute atomic E-state index is 13.2. The number of hydrogen-bond donors (Lipinski definition) is 0. The molecule has 0 aliphatic heterocycles. The van der Waals surface area contributed by atoms with Gasteiger partial charge in [-0.15, -0.1) is 10.2 Å². The summed E-state index contributed by atoms with van der Waals surface area (Å²) in [5, 5.41) is 7.49. The standard InChI is InChI=1S/C18H14N6O3/c1-27-18(26)12-4-2-5-13(8-12)24-16-14(6-3-7-19-16)22-15(17(24)25)9-23-10-20-21-11-23/h2-8,10-11H,9H2,1H3. The number of benzene rings is 1. The third-order valence-corrected chi connectivity index (χ3v) is 4.01. The van der Waals surface area contributed by atoms with Crippen molar-refractivity contribution in [3.05, 3.63) is 76.9 Å². The molecule has 0 unspecified atom stereocenters. The van der Waals surface area contributed by atoms with Crippen molar-refractivity contribution in [2.24, 2.45) is 0 Å². The molecule has 0 aliphatic carbocycles. The minimum absolute atomic E-state index is 0.216. The minimum atomic E-state index is -0.485. The Bertz CT molecular complexity index is 1180. The number of methoxy groups -OCH3 is 1. The highest BCUT2D eigenvalue weighted by atomic mass is 16.5. The van der Waals surface area contributed by atoms with Crippen LogP contribution in [0.15, 0.2) is 60.0 Å². The molecule has 0 spiro atoms. The van der Waals surface area contributed by atoms with Gasteiger partial charge in [0, 0.05) is 6.20 Å². The number of fused-ring (bicyclic) bond motifs is 1. The normalized spacial score (nSPS) is 10.9.